The van der Waals surface area contributed by atoms with Gasteiger partial charge in [0.15, 0.2) is 10.9 Å². The van der Waals surface area contributed by atoms with Crippen LogP contribution in [0.5, 0.6) is 5.75 Å². The summed E-state index contributed by atoms with van der Waals surface area (Å²) < 4.78 is 13.2. The summed E-state index contributed by atoms with van der Waals surface area (Å²) in [6.45, 7) is 4.84. The molecular weight excluding hydrogens is 310 g/mol. The largest absolute Gasteiger partial charge is 0.493 e. The van der Waals surface area contributed by atoms with Gasteiger partial charge in [-0.15, -0.1) is 10.2 Å². The molecule has 0 N–H and O–H groups in total. The Morgan fingerprint density at radius 3 is 2.65 bits per heavy atom. The second-order valence-electron chi connectivity index (χ2n) is 5.26. The van der Waals surface area contributed by atoms with E-state index in [1.807, 2.05) is 42.5 Å². The second kappa shape index (κ2) is 7.37. The molecule has 0 atom stereocenters. The maximum Gasteiger partial charge on any atom is 0.200 e. The van der Waals surface area contributed by atoms with Gasteiger partial charge in [0, 0.05) is 11.8 Å². The van der Waals surface area contributed by atoms with Crippen LogP contribution < -0.4 is 4.74 Å². The molecule has 2 heterocycles. The summed E-state index contributed by atoms with van der Waals surface area (Å²) in [7, 11) is 0. The van der Waals surface area contributed by atoms with E-state index in [2.05, 4.69) is 28.6 Å². The first-order valence-corrected chi connectivity index (χ1v) is 8.53. The van der Waals surface area contributed by atoms with Gasteiger partial charge >= 0.3 is 0 Å². The fourth-order valence-electron chi connectivity index (χ4n) is 2.22. The predicted molar refractivity (Wildman–Crippen MR) is 90.8 cm³/mol. The summed E-state index contributed by atoms with van der Waals surface area (Å²) in [5, 5.41) is 9.45. The van der Waals surface area contributed by atoms with Crippen molar-refractivity contribution >= 4 is 11.8 Å². The average molecular weight is 329 g/mol. The van der Waals surface area contributed by atoms with E-state index >= 15 is 0 Å². The summed E-state index contributed by atoms with van der Waals surface area (Å²) in [6.07, 6.45) is 1.65. The van der Waals surface area contributed by atoms with Gasteiger partial charge in [-0.3, -0.25) is 4.57 Å². The standard InChI is InChI=1S/C17H19N3O2S/c1-13(2)20-16(15-9-6-10-22-15)18-19-17(20)23-12-11-21-14-7-4-3-5-8-14/h3-10,13H,11-12H2,1-2H3. The van der Waals surface area contributed by atoms with Gasteiger partial charge < -0.3 is 9.15 Å². The van der Waals surface area contributed by atoms with E-state index in [9.17, 15) is 0 Å². The van der Waals surface area contributed by atoms with E-state index < -0.39 is 0 Å². The third-order valence-corrected chi connectivity index (χ3v) is 4.16. The molecule has 0 radical (unpaired) electrons. The third-order valence-electron chi connectivity index (χ3n) is 3.25. The van der Waals surface area contributed by atoms with Gasteiger partial charge in [-0.2, -0.15) is 0 Å². The van der Waals surface area contributed by atoms with Gasteiger partial charge in [-0.1, -0.05) is 30.0 Å². The highest BCUT2D eigenvalue weighted by atomic mass is 32.2. The van der Waals surface area contributed by atoms with Crippen molar-refractivity contribution in [1.29, 1.82) is 0 Å². The summed E-state index contributed by atoms with van der Waals surface area (Å²) >= 11 is 1.64. The fraction of sp³-hybridized carbons (Fsp3) is 0.294. The van der Waals surface area contributed by atoms with Gasteiger partial charge in [-0.05, 0) is 38.1 Å². The molecule has 2 aromatic heterocycles. The van der Waals surface area contributed by atoms with E-state index in [-0.39, 0.29) is 6.04 Å². The zero-order chi connectivity index (χ0) is 16.1. The van der Waals surface area contributed by atoms with E-state index in [1.54, 1.807) is 18.0 Å². The Morgan fingerprint density at radius 1 is 1.13 bits per heavy atom. The van der Waals surface area contributed by atoms with Gasteiger partial charge in [0.25, 0.3) is 0 Å². The molecule has 1 aromatic carbocycles. The van der Waals surface area contributed by atoms with E-state index in [4.69, 9.17) is 9.15 Å². The number of ether oxygens (including phenoxy) is 1. The molecule has 0 fully saturated rings. The van der Waals surface area contributed by atoms with Crippen molar-refractivity contribution in [3.05, 3.63) is 48.7 Å². The van der Waals surface area contributed by atoms with Crippen LogP contribution in [0, 0.1) is 0 Å². The lowest BCUT2D eigenvalue weighted by molar-refractivity contribution is 0.343. The number of thioether (sulfide) groups is 1. The van der Waals surface area contributed by atoms with E-state index in [0.29, 0.717) is 6.61 Å². The molecule has 0 unspecified atom stereocenters. The summed E-state index contributed by atoms with van der Waals surface area (Å²) in [4.78, 5) is 0. The summed E-state index contributed by atoms with van der Waals surface area (Å²) in [5.41, 5.74) is 0. The van der Waals surface area contributed by atoms with Crippen molar-refractivity contribution in [2.24, 2.45) is 0 Å². The first kappa shape index (κ1) is 15.7. The number of aromatic nitrogens is 3. The minimum atomic E-state index is 0.252. The Kier molecular flexibility index (Phi) is 5.02. The number of rotatable bonds is 7. The lowest BCUT2D eigenvalue weighted by Gasteiger charge is -2.12. The molecule has 120 valence electrons. The van der Waals surface area contributed by atoms with Crippen LogP contribution in [-0.2, 0) is 0 Å². The molecule has 23 heavy (non-hydrogen) atoms. The SMILES string of the molecule is CC(C)n1c(SCCOc2ccccc2)nnc1-c1ccco1. The Bertz CT molecular complexity index is 724. The lowest BCUT2D eigenvalue weighted by Crippen LogP contribution is -2.06. The van der Waals surface area contributed by atoms with Gasteiger partial charge in [0.05, 0.1) is 12.9 Å². The van der Waals surface area contributed by atoms with Crippen LogP contribution in [0.25, 0.3) is 11.6 Å². The minimum Gasteiger partial charge on any atom is -0.493 e. The first-order chi connectivity index (χ1) is 11.3. The highest BCUT2D eigenvalue weighted by Gasteiger charge is 2.18. The summed E-state index contributed by atoms with van der Waals surface area (Å²) in [5.74, 6) is 3.18. The lowest BCUT2D eigenvalue weighted by atomic mass is 10.3. The van der Waals surface area contributed by atoms with Crippen molar-refractivity contribution in [3.8, 4) is 17.3 Å². The molecule has 0 aliphatic heterocycles. The molecule has 0 amide bonds. The highest BCUT2D eigenvalue weighted by molar-refractivity contribution is 7.99. The number of furan rings is 1. The maximum atomic E-state index is 5.71. The average Bonchev–Trinajstić information content (AvgIpc) is 3.21. The van der Waals surface area contributed by atoms with Crippen molar-refractivity contribution in [2.75, 3.05) is 12.4 Å². The van der Waals surface area contributed by atoms with Gasteiger partial charge in [-0.25, -0.2) is 0 Å². The number of hydrogen-bond acceptors (Lipinski definition) is 5. The molecule has 3 rings (SSSR count). The third kappa shape index (κ3) is 3.76. The first-order valence-electron chi connectivity index (χ1n) is 7.55. The second-order valence-corrected chi connectivity index (χ2v) is 6.32. The molecule has 6 heteroatoms. The quantitative estimate of drug-likeness (QED) is 0.478. The zero-order valence-corrected chi connectivity index (χ0v) is 14.0. The van der Waals surface area contributed by atoms with Crippen molar-refractivity contribution in [2.45, 2.75) is 25.0 Å². The molecule has 0 saturated heterocycles. The van der Waals surface area contributed by atoms with Gasteiger partial charge in [0.2, 0.25) is 5.82 Å². The molecule has 0 bridgehead atoms. The van der Waals surface area contributed by atoms with E-state index in [1.165, 1.54) is 0 Å². The smallest absolute Gasteiger partial charge is 0.200 e. The fourth-order valence-corrected chi connectivity index (χ4v) is 3.11. The highest BCUT2D eigenvalue weighted by Crippen LogP contribution is 2.27. The Hall–Kier alpha value is -2.21. The molecule has 0 aliphatic rings. The van der Waals surface area contributed by atoms with Crippen molar-refractivity contribution < 1.29 is 9.15 Å². The molecule has 0 aliphatic carbocycles. The monoisotopic (exact) mass is 329 g/mol. The number of hydrogen-bond donors (Lipinski definition) is 0. The Labute approximate surface area is 139 Å². The topological polar surface area (TPSA) is 53.1 Å². The zero-order valence-electron chi connectivity index (χ0n) is 13.2. The van der Waals surface area contributed by atoms with Crippen LogP contribution in [0.1, 0.15) is 19.9 Å². The molecule has 0 spiro atoms. The van der Waals surface area contributed by atoms with Crippen molar-refractivity contribution in [3.63, 3.8) is 0 Å². The number of benzene rings is 1. The summed E-state index contributed by atoms with van der Waals surface area (Å²) in [6, 6.07) is 13.8. The normalized spacial score (nSPS) is 11.1. The molecule has 5 nitrogen and oxygen atoms in total. The van der Waals surface area contributed by atoms with Crippen LogP contribution in [0.15, 0.2) is 58.3 Å². The Balaban J connectivity index is 1.64. The van der Waals surface area contributed by atoms with Crippen LogP contribution in [-0.4, -0.2) is 27.1 Å². The van der Waals surface area contributed by atoms with E-state index in [0.717, 1.165) is 28.2 Å². The van der Waals surface area contributed by atoms with Crippen molar-refractivity contribution in [1.82, 2.24) is 14.8 Å². The molecule has 0 saturated carbocycles. The minimum absolute atomic E-state index is 0.252. The molecule has 3 aromatic rings. The predicted octanol–water partition coefficient (Wildman–Crippen LogP) is 4.29. The van der Waals surface area contributed by atoms with Crippen LogP contribution >= 0.6 is 11.8 Å². The maximum absolute atomic E-state index is 5.71. The van der Waals surface area contributed by atoms with Crippen LogP contribution in [0.2, 0.25) is 0 Å². The molecular formula is C17H19N3O2S. The number of nitrogens with zero attached hydrogens (tertiary/aromatic N) is 3. The van der Waals surface area contributed by atoms with Crippen LogP contribution in [0.4, 0.5) is 0 Å². The Morgan fingerprint density at radius 2 is 1.96 bits per heavy atom. The van der Waals surface area contributed by atoms with Crippen LogP contribution in [0.3, 0.4) is 0 Å². The number of para-hydroxylation sites is 1. The van der Waals surface area contributed by atoms with Gasteiger partial charge in [0.1, 0.15) is 5.75 Å².